The second-order valence-electron chi connectivity index (χ2n) is 7.85. The van der Waals surface area contributed by atoms with Crippen LogP contribution in [0, 0.1) is 0 Å². The molecule has 0 radical (unpaired) electrons. The predicted molar refractivity (Wildman–Crippen MR) is 134 cm³/mol. The zero-order valence-corrected chi connectivity index (χ0v) is 23.5. The number of unbranched alkanes of at least 4 members (excludes halogenated alkanes) is 2. The van der Waals surface area contributed by atoms with Crippen LogP contribution in [0.3, 0.4) is 0 Å². The van der Waals surface area contributed by atoms with Crippen molar-refractivity contribution in [3.63, 3.8) is 0 Å². The molecule has 0 fully saturated rings. The molecule has 1 unspecified atom stereocenters. The smallest absolute Gasteiger partial charge is 1.00 e. The number of carboxylic acids is 1. The summed E-state index contributed by atoms with van der Waals surface area (Å²) in [6.45, 7) is 3.41. The van der Waals surface area contributed by atoms with E-state index in [9.17, 15) is 27.9 Å². The number of benzene rings is 2. The van der Waals surface area contributed by atoms with Gasteiger partial charge in [-0.3, -0.25) is 9.59 Å². The van der Waals surface area contributed by atoms with E-state index < -0.39 is 46.7 Å². The van der Waals surface area contributed by atoms with Crippen molar-refractivity contribution in [3.05, 3.63) is 42.5 Å². The van der Waals surface area contributed by atoms with Gasteiger partial charge in [0.15, 0.2) is 0 Å². The van der Waals surface area contributed by atoms with Crippen LogP contribution in [0.5, 0.6) is 5.75 Å². The Labute approximate surface area is 243 Å². The Hall–Kier alpha value is -1.76. The molecule has 1 atom stereocenters. The van der Waals surface area contributed by atoms with Crippen molar-refractivity contribution in [1.82, 2.24) is 0 Å². The van der Waals surface area contributed by atoms with Gasteiger partial charge in [-0.15, -0.1) is 0 Å². The fourth-order valence-corrected chi connectivity index (χ4v) is 4.07. The van der Waals surface area contributed by atoms with Gasteiger partial charge in [0.25, 0.3) is 0 Å². The maximum Gasteiger partial charge on any atom is 2.00 e. The zero-order chi connectivity index (χ0) is 25.9. The topological polar surface area (TPSA) is 142 Å². The van der Waals surface area contributed by atoms with Crippen LogP contribution in [0.15, 0.2) is 42.5 Å². The number of carbonyl (C=O) groups excluding carboxylic acids is 2. The van der Waals surface area contributed by atoms with Crippen LogP contribution < -0.4 is 4.74 Å². The third-order valence-corrected chi connectivity index (χ3v) is 5.95. The second kappa shape index (κ2) is 15.5. The minimum absolute atomic E-state index is 0. The van der Waals surface area contributed by atoms with Crippen molar-refractivity contribution in [2.45, 2.75) is 58.0 Å². The van der Waals surface area contributed by atoms with Crippen molar-refractivity contribution in [2.75, 3.05) is 13.2 Å². The summed E-state index contributed by atoms with van der Waals surface area (Å²) in [5.41, 5.74) is -2.82. The van der Waals surface area contributed by atoms with Gasteiger partial charge in [0, 0.05) is 5.39 Å². The van der Waals surface area contributed by atoms with Crippen LogP contribution in [0.4, 0.5) is 0 Å². The molecule has 0 aliphatic rings. The van der Waals surface area contributed by atoms with E-state index >= 15 is 0 Å². The molecular formula is C24H32CaO10S. The zero-order valence-electron chi connectivity index (χ0n) is 22.4. The molecule has 0 saturated carbocycles. The summed E-state index contributed by atoms with van der Waals surface area (Å²) >= 11 is 0. The summed E-state index contributed by atoms with van der Waals surface area (Å²) in [6.07, 6.45) is 0.0719. The van der Waals surface area contributed by atoms with E-state index in [0.717, 1.165) is 5.39 Å². The van der Waals surface area contributed by atoms with Crippen molar-refractivity contribution in [2.24, 2.45) is 0 Å². The molecule has 0 bridgehead atoms. The Morgan fingerprint density at radius 3 is 2.19 bits per heavy atom. The van der Waals surface area contributed by atoms with Crippen molar-refractivity contribution >= 4 is 76.8 Å². The van der Waals surface area contributed by atoms with E-state index in [4.69, 9.17) is 17.8 Å². The molecule has 10 nitrogen and oxygen atoms in total. The number of aliphatic carboxylic acids is 1. The Morgan fingerprint density at radius 2 is 1.53 bits per heavy atom. The maximum absolute atomic E-state index is 12.8. The third kappa shape index (κ3) is 9.95. The molecule has 2 aromatic carbocycles. The van der Waals surface area contributed by atoms with Gasteiger partial charge in [-0.2, -0.15) is 8.42 Å². The quantitative estimate of drug-likeness (QED) is 0.151. The first-order valence-corrected chi connectivity index (χ1v) is 12.6. The molecule has 0 spiro atoms. The van der Waals surface area contributed by atoms with Gasteiger partial charge in [-0.05, 0) is 24.3 Å². The first kappa shape index (κ1) is 32.3. The minimum Gasteiger partial charge on any atom is -1.00 e. The molecule has 0 aliphatic heterocycles. The van der Waals surface area contributed by atoms with Crippen LogP contribution in [0.2, 0.25) is 0 Å². The minimum atomic E-state index is -4.88. The van der Waals surface area contributed by atoms with Gasteiger partial charge in [-0.25, -0.2) is 13.2 Å². The van der Waals surface area contributed by atoms with E-state index in [0.29, 0.717) is 31.1 Å². The van der Waals surface area contributed by atoms with E-state index in [1.807, 2.05) is 6.92 Å². The van der Waals surface area contributed by atoms with Crippen LogP contribution >= 0.6 is 0 Å². The number of carbonyl (C=O) groups is 3. The van der Waals surface area contributed by atoms with Crippen LogP contribution in [-0.4, -0.2) is 88.0 Å². The number of ether oxygens (including phenoxy) is 2. The summed E-state index contributed by atoms with van der Waals surface area (Å²) in [6, 6.07) is 12.0. The number of hydrogen-bond acceptors (Lipinski definition) is 9. The van der Waals surface area contributed by atoms with Gasteiger partial charge < -0.3 is 17.4 Å². The Kier molecular flexibility index (Phi) is 13.9. The molecule has 0 aliphatic carbocycles. The summed E-state index contributed by atoms with van der Waals surface area (Å²) in [7, 11) is -4.88. The van der Waals surface area contributed by atoms with Crippen LogP contribution in [-0.2, 0) is 37.9 Å². The van der Waals surface area contributed by atoms with Crippen molar-refractivity contribution in [1.29, 1.82) is 0 Å². The van der Waals surface area contributed by atoms with Crippen LogP contribution in [0.25, 0.3) is 10.8 Å². The Morgan fingerprint density at radius 1 is 0.917 bits per heavy atom. The summed E-state index contributed by atoms with van der Waals surface area (Å²) in [5.74, 6) is -3.88. The Balaban J connectivity index is 0. The molecule has 12 heteroatoms. The molecule has 1 N–H and O–H groups in total. The first-order valence-electron chi connectivity index (χ1n) is 11.3. The molecule has 0 heterocycles. The normalized spacial score (nSPS) is 12.8. The maximum atomic E-state index is 12.8. The molecule has 0 aromatic heterocycles. The van der Waals surface area contributed by atoms with Crippen molar-refractivity contribution < 1.29 is 48.6 Å². The third-order valence-electron chi connectivity index (χ3n) is 4.97. The number of hydrogen-bond donors (Lipinski definition) is 1. The molecule has 2 rings (SSSR count). The number of carboxylic acid groups (broad SMARTS) is 1. The van der Waals surface area contributed by atoms with Gasteiger partial charge in [0.05, 0.1) is 26.1 Å². The first-order chi connectivity index (χ1) is 16.6. The second-order valence-corrected chi connectivity index (χ2v) is 9.06. The number of rotatable bonds is 15. The van der Waals surface area contributed by atoms with Gasteiger partial charge in [0.1, 0.15) is 5.75 Å². The molecule has 0 amide bonds. The van der Waals surface area contributed by atoms with Crippen LogP contribution in [0.1, 0.15) is 55.2 Å². The van der Waals surface area contributed by atoms with Gasteiger partial charge >= 0.3 is 66.0 Å². The van der Waals surface area contributed by atoms with E-state index in [2.05, 4.69) is 0 Å². The molecule has 196 valence electrons. The largest absolute Gasteiger partial charge is 2.00 e. The number of fused-ring (bicyclic) bond motifs is 1. The molecule has 0 saturated heterocycles. The summed E-state index contributed by atoms with van der Waals surface area (Å²) in [5, 5.41) is 11.3. The van der Waals surface area contributed by atoms with E-state index in [1.54, 1.807) is 43.3 Å². The van der Waals surface area contributed by atoms with Gasteiger partial charge in [0.2, 0.25) is 5.60 Å². The Bertz CT molecular complexity index is 1140. The fraction of sp³-hybridized carbons (Fsp3) is 0.458. The average molecular weight is 553 g/mol. The predicted octanol–water partition coefficient (Wildman–Crippen LogP) is 3.61. The monoisotopic (exact) mass is 552 g/mol. The van der Waals surface area contributed by atoms with Crippen molar-refractivity contribution in [3.8, 4) is 5.75 Å². The molecular weight excluding hydrogens is 520 g/mol. The summed E-state index contributed by atoms with van der Waals surface area (Å²) < 4.78 is 44.6. The van der Waals surface area contributed by atoms with E-state index in [-0.39, 0.29) is 59.6 Å². The molecule has 36 heavy (non-hydrogen) atoms. The SMILES string of the molecule is CCCCOC(=O)CC(CC(=O)Oc1cccc2ccccc12)(OS(=O)(=O)OCCCC)C(=O)O.[Ca+2].[H-].[H-]. The molecule has 2 aromatic rings. The van der Waals surface area contributed by atoms with Gasteiger partial charge in [-0.1, -0.05) is 63.1 Å². The standard InChI is InChI=1S/C24H30O10S.Ca.2H/c1-3-5-14-31-21(25)16-24(23(27)28,34-35(29,30)32-15-6-4-2)17-22(26)33-20-13-9-11-18-10-7-8-12-19(18)20;;;/h7-13H,3-6,14-17H2,1-2H3,(H,27,28);;;/q;+2;2*-1. The number of esters is 2. The average Bonchev–Trinajstić information content (AvgIpc) is 2.79. The fourth-order valence-electron chi connectivity index (χ4n) is 3.12. The summed E-state index contributed by atoms with van der Waals surface area (Å²) in [4.78, 5) is 37.4. The van der Waals surface area contributed by atoms with E-state index in [1.165, 1.54) is 6.07 Å².